The molecule has 4 rings (SSSR count). The first-order chi connectivity index (χ1) is 23.5. The minimum absolute atomic E-state index is 0. The minimum Gasteiger partial charge on any atom is -0.850 e. The Morgan fingerprint density at radius 3 is 0.788 bits per heavy atom. The molecule has 0 aliphatic carbocycles. The first-order valence-electron chi connectivity index (χ1n) is 13.4. The zero-order chi connectivity index (χ0) is 38.6. The van der Waals surface area contributed by atoms with Crippen molar-refractivity contribution in [2.45, 2.75) is 52.9 Å². The van der Waals surface area contributed by atoms with Gasteiger partial charge in [0.15, 0.2) is 13.2 Å². The van der Waals surface area contributed by atoms with Crippen LogP contribution in [-0.4, -0.2) is 50.6 Å². The second kappa shape index (κ2) is 33.2. The number of aliphatic hydroxyl groups is 4. The summed E-state index contributed by atoms with van der Waals surface area (Å²) >= 11 is 0. The van der Waals surface area contributed by atoms with E-state index in [1.54, 1.807) is 72.8 Å². The SMILES string of the molecule is OCc1cccc(CO)n1.OCc1cccc(C[OH2+])n1.[Cu+].[Cu+].[O-]Cc1cccc(CO)n1.[O-]Cc1cccc(C[OH2+])n1.[O-][Cl+3]([O-])([O-])[O-].[O-][Cl+3]([O-])([O-])[O-]. The molecule has 0 fully saturated rings. The van der Waals surface area contributed by atoms with Crippen molar-refractivity contribution in [3.8, 4) is 0 Å². The van der Waals surface area contributed by atoms with E-state index >= 15 is 0 Å². The molecule has 0 saturated carbocycles. The third-order valence-electron chi connectivity index (χ3n) is 4.76. The number of pyridine rings is 4. The van der Waals surface area contributed by atoms with E-state index in [9.17, 15) is 10.2 Å². The van der Waals surface area contributed by atoms with Gasteiger partial charge in [0.1, 0.15) is 11.4 Å². The van der Waals surface area contributed by atoms with Gasteiger partial charge in [-0.25, -0.2) is 42.3 Å². The summed E-state index contributed by atoms with van der Waals surface area (Å²) in [5, 5.41) is 68.9. The number of aliphatic hydroxyl groups excluding tert-OH is 4. The molecule has 0 unspecified atom stereocenters. The number of hydrogen-bond acceptors (Lipinski definition) is 18. The Kier molecular flexibility index (Phi) is 35.9. The van der Waals surface area contributed by atoms with Crippen LogP contribution in [-0.2, 0) is 87.0 Å². The van der Waals surface area contributed by atoms with Crippen molar-refractivity contribution in [1.29, 1.82) is 0 Å². The summed E-state index contributed by atoms with van der Waals surface area (Å²) in [6.07, 6.45) is 0. The van der Waals surface area contributed by atoms with Crippen molar-refractivity contribution >= 4 is 0 Å². The molecule has 0 amide bonds. The molecule has 0 aliphatic heterocycles. The molecule has 52 heavy (non-hydrogen) atoms. The van der Waals surface area contributed by atoms with Crippen molar-refractivity contribution in [2.75, 3.05) is 0 Å². The topological polar surface area (TPSA) is 409 Å². The maximum atomic E-state index is 10.3. The van der Waals surface area contributed by atoms with E-state index < -0.39 is 20.5 Å². The third-order valence-corrected chi connectivity index (χ3v) is 4.76. The van der Waals surface area contributed by atoms with E-state index in [4.69, 9.17) is 67.9 Å². The Morgan fingerprint density at radius 2 is 0.577 bits per heavy atom. The molecular weight excluding hydrogens is 846 g/mol. The Morgan fingerprint density at radius 1 is 0.404 bits per heavy atom. The standard InChI is InChI=1S/2C7H9NO2.2C7H8NO2.2ClHO4.2Cu/c4*9-4-6-2-1-3-7(5-10)8-6;2*2-1(3,4)5;;/h2*1-3,9-10H,4-5H2;2*1-3,9H,4-5H2;2*(H,2,3,4,5);;/q;;2*-1;;;2*+1. The fourth-order valence-electron chi connectivity index (χ4n) is 2.83. The van der Waals surface area contributed by atoms with Crippen LogP contribution in [0.15, 0.2) is 72.8 Å². The number of aromatic nitrogens is 4. The molecule has 0 bridgehead atoms. The molecule has 8 N–H and O–H groups in total. The van der Waals surface area contributed by atoms with E-state index in [0.717, 1.165) is 0 Å². The third kappa shape index (κ3) is 36.0. The average molecular weight is 883 g/mol. The fraction of sp³-hybridized carbons (Fsp3) is 0.286. The van der Waals surface area contributed by atoms with Crippen LogP contribution in [0, 0.1) is 20.5 Å². The van der Waals surface area contributed by atoms with E-state index in [1.807, 2.05) is 0 Å². The first-order valence-corrected chi connectivity index (χ1v) is 15.8. The molecule has 0 radical (unpaired) electrons. The van der Waals surface area contributed by atoms with Crippen molar-refractivity contribution in [2.24, 2.45) is 0 Å². The second-order valence-electron chi connectivity index (χ2n) is 8.51. The van der Waals surface area contributed by atoms with Crippen molar-refractivity contribution in [3.05, 3.63) is 118 Å². The predicted molar refractivity (Wildman–Crippen MR) is 143 cm³/mol. The van der Waals surface area contributed by atoms with Gasteiger partial charge in [-0.05, 0) is 48.5 Å². The molecule has 4 heterocycles. The quantitative estimate of drug-likeness (QED) is 0.0943. The molecular formula is C28H36Cl2Cu2N4O16. The van der Waals surface area contributed by atoms with Crippen LogP contribution in [0.4, 0.5) is 0 Å². The summed E-state index contributed by atoms with van der Waals surface area (Å²) in [6, 6.07) is 20.7. The number of hydrogen-bond donors (Lipinski definition) is 4. The molecule has 0 saturated heterocycles. The molecule has 4 aromatic heterocycles. The van der Waals surface area contributed by atoms with Crippen LogP contribution >= 0.6 is 0 Å². The number of nitrogens with zero attached hydrogens (tertiary/aromatic N) is 4. The van der Waals surface area contributed by atoms with Crippen molar-refractivity contribution in [1.82, 2.24) is 19.9 Å². The van der Waals surface area contributed by atoms with Crippen molar-refractivity contribution < 1.29 is 133 Å². The van der Waals surface area contributed by atoms with Crippen molar-refractivity contribution in [3.63, 3.8) is 0 Å². The van der Waals surface area contributed by atoms with Crippen LogP contribution < -0.4 is 47.5 Å². The number of rotatable bonds is 8. The van der Waals surface area contributed by atoms with Crippen LogP contribution in [0.5, 0.6) is 0 Å². The molecule has 0 spiro atoms. The molecule has 20 nitrogen and oxygen atoms in total. The van der Waals surface area contributed by atoms with Gasteiger partial charge in [-0.15, -0.1) is 20.5 Å². The number of halogens is 2. The van der Waals surface area contributed by atoms with E-state index in [0.29, 0.717) is 45.6 Å². The summed E-state index contributed by atoms with van der Waals surface area (Å²) in [6.45, 7) is -0.604. The monoisotopic (exact) mass is 880 g/mol. The maximum Gasteiger partial charge on any atom is 1.00 e. The zero-order valence-corrected chi connectivity index (χ0v) is 30.0. The fourth-order valence-corrected chi connectivity index (χ4v) is 2.83. The first kappa shape index (κ1) is 56.3. The Bertz CT molecular complexity index is 1150. The van der Waals surface area contributed by atoms with Gasteiger partial charge in [0.2, 0.25) is 0 Å². The van der Waals surface area contributed by atoms with Gasteiger partial charge in [-0.1, -0.05) is 37.5 Å². The second-order valence-corrected chi connectivity index (χ2v) is 10.0. The summed E-state index contributed by atoms with van der Waals surface area (Å²) in [7, 11) is -9.89. The van der Waals surface area contributed by atoms with Gasteiger partial charge >= 0.3 is 34.1 Å². The Balaban J connectivity index is -0.000000269. The maximum absolute atomic E-state index is 10.3. The van der Waals surface area contributed by atoms with Crippen LogP contribution in [0.1, 0.15) is 45.6 Å². The van der Waals surface area contributed by atoms with Gasteiger partial charge in [-0.2, -0.15) is 0 Å². The van der Waals surface area contributed by atoms with Crippen LogP contribution in [0.3, 0.4) is 0 Å². The normalized spacial score (nSPS) is 9.85. The zero-order valence-electron chi connectivity index (χ0n) is 26.6. The molecule has 0 atom stereocenters. The van der Waals surface area contributed by atoms with Gasteiger partial charge in [-0.3, -0.25) is 15.0 Å². The van der Waals surface area contributed by atoms with E-state index in [1.165, 1.54) is 0 Å². The smallest absolute Gasteiger partial charge is 0.850 e. The summed E-state index contributed by atoms with van der Waals surface area (Å²) in [5.41, 5.74) is 4.72. The molecule has 0 aliphatic rings. The largest absolute Gasteiger partial charge is 1.00 e. The summed E-state index contributed by atoms with van der Waals surface area (Å²) < 4.78 is 67.9. The van der Waals surface area contributed by atoms with Crippen LogP contribution in [0.25, 0.3) is 0 Å². The summed E-state index contributed by atoms with van der Waals surface area (Å²) in [5.74, 6) is 0. The van der Waals surface area contributed by atoms with Gasteiger partial charge in [0.25, 0.3) is 0 Å². The van der Waals surface area contributed by atoms with Gasteiger partial charge in [0, 0.05) is 11.4 Å². The Labute approximate surface area is 322 Å². The predicted octanol–water partition coefficient (Wildman–Crippen LogP) is -11.1. The van der Waals surface area contributed by atoms with E-state index in [2.05, 4.69) is 19.9 Å². The minimum atomic E-state index is -4.94. The molecule has 24 heteroatoms. The molecule has 300 valence electrons. The Hall–Kier alpha value is -2.42. The summed E-state index contributed by atoms with van der Waals surface area (Å²) in [4.78, 5) is 15.6. The average Bonchev–Trinajstić information content (AvgIpc) is 3.11. The van der Waals surface area contributed by atoms with Crippen LogP contribution in [0.2, 0.25) is 0 Å². The van der Waals surface area contributed by atoms with Gasteiger partial charge in [0.05, 0.1) is 49.2 Å². The molecule has 0 aromatic carbocycles. The van der Waals surface area contributed by atoms with Gasteiger partial charge < -0.3 is 40.9 Å². The molecule has 4 aromatic rings. The van der Waals surface area contributed by atoms with E-state index in [-0.39, 0.29) is 87.0 Å².